The molecule has 1 fully saturated rings. The third-order valence-corrected chi connectivity index (χ3v) is 4.19. The predicted octanol–water partition coefficient (Wildman–Crippen LogP) is 2.14. The van der Waals surface area contributed by atoms with E-state index in [1.54, 1.807) is 0 Å². The molecule has 0 spiro atoms. The van der Waals surface area contributed by atoms with Crippen LogP contribution in [-0.4, -0.2) is 19.1 Å². The summed E-state index contributed by atoms with van der Waals surface area (Å²) in [7, 11) is 0. The van der Waals surface area contributed by atoms with Crippen molar-refractivity contribution in [2.45, 2.75) is 32.9 Å². The molecule has 84 valence electrons. The van der Waals surface area contributed by atoms with Crippen molar-refractivity contribution in [1.29, 1.82) is 0 Å². The van der Waals surface area contributed by atoms with Gasteiger partial charge in [0.15, 0.2) is 0 Å². The van der Waals surface area contributed by atoms with Crippen LogP contribution < -0.4 is 10.6 Å². The number of aryl methyl sites for hydroxylation is 1. The maximum atomic E-state index is 3.56. The Balaban J connectivity index is 1.70. The molecule has 1 aromatic rings. The molecule has 2 nitrogen and oxygen atoms in total. The quantitative estimate of drug-likeness (QED) is 0.819. The van der Waals surface area contributed by atoms with Crippen LogP contribution in [-0.2, 0) is 6.54 Å². The minimum absolute atomic E-state index is 0.683. The van der Waals surface area contributed by atoms with E-state index in [0.717, 1.165) is 19.0 Å². The lowest BCUT2D eigenvalue weighted by Gasteiger charge is -2.15. The molecule has 2 atom stereocenters. The van der Waals surface area contributed by atoms with Gasteiger partial charge in [-0.25, -0.2) is 0 Å². The number of hydrogen-bond acceptors (Lipinski definition) is 3. The van der Waals surface area contributed by atoms with Crippen molar-refractivity contribution in [2.24, 2.45) is 5.92 Å². The van der Waals surface area contributed by atoms with Crippen molar-refractivity contribution >= 4 is 11.3 Å². The fourth-order valence-corrected chi connectivity index (χ4v) is 3.01. The van der Waals surface area contributed by atoms with Gasteiger partial charge in [-0.15, -0.1) is 11.3 Å². The molecule has 0 amide bonds. The first kappa shape index (κ1) is 11.1. The average molecular weight is 224 g/mol. The summed E-state index contributed by atoms with van der Waals surface area (Å²) < 4.78 is 0. The van der Waals surface area contributed by atoms with Gasteiger partial charge in [-0.05, 0) is 51.4 Å². The Morgan fingerprint density at radius 3 is 3.00 bits per heavy atom. The lowest BCUT2D eigenvalue weighted by Crippen LogP contribution is -2.30. The fourth-order valence-electron chi connectivity index (χ4n) is 2.15. The van der Waals surface area contributed by atoms with Crippen LogP contribution in [0.4, 0.5) is 0 Å². The summed E-state index contributed by atoms with van der Waals surface area (Å²) in [6, 6.07) is 5.10. The Bertz CT molecular complexity index is 308. The Hall–Kier alpha value is -0.380. The summed E-state index contributed by atoms with van der Waals surface area (Å²) >= 11 is 1.89. The maximum Gasteiger partial charge on any atom is 0.0299 e. The number of thiophene rings is 1. The van der Waals surface area contributed by atoms with Crippen LogP contribution in [0.3, 0.4) is 0 Å². The summed E-state index contributed by atoms with van der Waals surface area (Å²) in [5.74, 6) is 0.811. The van der Waals surface area contributed by atoms with Gasteiger partial charge in [-0.1, -0.05) is 0 Å². The van der Waals surface area contributed by atoms with Crippen molar-refractivity contribution in [3.63, 3.8) is 0 Å². The molecule has 0 bridgehead atoms. The molecule has 15 heavy (non-hydrogen) atoms. The van der Waals surface area contributed by atoms with E-state index in [1.807, 2.05) is 11.3 Å². The van der Waals surface area contributed by atoms with E-state index in [0.29, 0.717) is 6.04 Å². The van der Waals surface area contributed by atoms with E-state index in [4.69, 9.17) is 0 Å². The van der Waals surface area contributed by atoms with Crippen molar-refractivity contribution in [3.05, 3.63) is 21.9 Å². The molecule has 2 heterocycles. The zero-order chi connectivity index (χ0) is 10.7. The van der Waals surface area contributed by atoms with Gasteiger partial charge >= 0.3 is 0 Å². The monoisotopic (exact) mass is 224 g/mol. The highest BCUT2D eigenvalue weighted by Gasteiger charge is 2.21. The third kappa shape index (κ3) is 3.03. The van der Waals surface area contributed by atoms with Crippen molar-refractivity contribution < 1.29 is 0 Å². The van der Waals surface area contributed by atoms with Crippen molar-refractivity contribution in [1.82, 2.24) is 10.6 Å². The smallest absolute Gasteiger partial charge is 0.0299 e. The number of rotatable bonds is 4. The normalized spacial score (nSPS) is 26.0. The maximum absolute atomic E-state index is 3.56. The minimum Gasteiger partial charge on any atom is -0.314 e. The molecule has 2 unspecified atom stereocenters. The van der Waals surface area contributed by atoms with Gasteiger partial charge < -0.3 is 10.6 Å². The first-order chi connectivity index (χ1) is 7.25. The molecule has 1 aliphatic heterocycles. The SMILES string of the molecule is Cc1ccc(CNCC2CCNC2C)s1. The van der Waals surface area contributed by atoms with Gasteiger partial charge in [0.1, 0.15) is 0 Å². The van der Waals surface area contributed by atoms with Gasteiger partial charge in [0.05, 0.1) is 0 Å². The predicted molar refractivity (Wildman–Crippen MR) is 66.3 cm³/mol. The number of hydrogen-bond donors (Lipinski definition) is 2. The summed E-state index contributed by atoms with van der Waals surface area (Å²) in [5.41, 5.74) is 0. The number of nitrogens with one attached hydrogen (secondary N) is 2. The summed E-state index contributed by atoms with van der Waals surface area (Å²) in [6.45, 7) is 7.81. The molecule has 0 aliphatic carbocycles. The molecule has 3 heteroatoms. The molecule has 1 aliphatic rings. The molecule has 0 radical (unpaired) electrons. The zero-order valence-corrected chi connectivity index (χ0v) is 10.4. The van der Waals surface area contributed by atoms with Gasteiger partial charge in [-0.2, -0.15) is 0 Å². The van der Waals surface area contributed by atoms with E-state index in [9.17, 15) is 0 Å². The van der Waals surface area contributed by atoms with Crippen LogP contribution >= 0.6 is 11.3 Å². The summed E-state index contributed by atoms with van der Waals surface area (Å²) in [6.07, 6.45) is 1.32. The van der Waals surface area contributed by atoms with Crippen LogP contribution in [0.1, 0.15) is 23.1 Å². The molecule has 0 saturated carbocycles. The molecular weight excluding hydrogens is 204 g/mol. The lowest BCUT2D eigenvalue weighted by molar-refractivity contribution is 0.440. The van der Waals surface area contributed by atoms with Crippen LogP contribution in [0.25, 0.3) is 0 Å². The lowest BCUT2D eigenvalue weighted by atomic mass is 10.0. The van der Waals surface area contributed by atoms with E-state index in [2.05, 4.69) is 36.6 Å². The van der Waals surface area contributed by atoms with E-state index in [1.165, 1.54) is 22.7 Å². The Morgan fingerprint density at radius 2 is 2.40 bits per heavy atom. The molecule has 1 saturated heterocycles. The highest BCUT2D eigenvalue weighted by Crippen LogP contribution is 2.16. The highest BCUT2D eigenvalue weighted by molar-refractivity contribution is 7.11. The van der Waals surface area contributed by atoms with Gasteiger partial charge in [0.25, 0.3) is 0 Å². The largest absolute Gasteiger partial charge is 0.314 e. The van der Waals surface area contributed by atoms with Crippen LogP contribution in [0.2, 0.25) is 0 Å². The second-order valence-corrected chi connectivity index (χ2v) is 5.81. The van der Waals surface area contributed by atoms with E-state index < -0.39 is 0 Å². The topological polar surface area (TPSA) is 24.1 Å². The van der Waals surface area contributed by atoms with E-state index in [-0.39, 0.29) is 0 Å². The standard InChI is InChI=1S/C12H20N2S/c1-9-3-4-12(15-9)8-13-7-11-5-6-14-10(11)2/h3-4,10-11,13-14H,5-8H2,1-2H3. The molecule has 0 aromatic carbocycles. The molecule has 1 aromatic heterocycles. The van der Waals surface area contributed by atoms with Gasteiger partial charge in [0.2, 0.25) is 0 Å². The molecule has 2 rings (SSSR count). The van der Waals surface area contributed by atoms with E-state index >= 15 is 0 Å². The van der Waals surface area contributed by atoms with Crippen LogP contribution in [0, 0.1) is 12.8 Å². The summed E-state index contributed by atoms with van der Waals surface area (Å²) in [4.78, 5) is 2.86. The summed E-state index contributed by atoms with van der Waals surface area (Å²) in [5, 5.41) is 7.04. The third-order valence-electron chi connectivity index (χ3n) is 3.19. The Labute approximate surface area is 96.1 Å². The first-order valence-electron chi connectivity index (χ1n) is 5.75. The second-order valence-electron chi connectivity index (χ2n) is 4.43. The Morgan fingerprint density at radius 1 is 1.53 bits per heavy atom. The van der Waals surface area contributed by atoms with Gasteiger partial charge in [-0.3, -0.25) is 0 Å². The Kier molecular flexibility index (Phi) is 3.78. The van der Waals surface area contributed by atoms with Crippen molar-refractivity contribution in [3.8, 4) is 0 Å². The highest BCUT2D eigenvalue weighted by atomic mass is 32.1. The van der Waals surface area contributed by atoms with Crippen LogP contribution in [0.15, 0.2) is 12.1 Å². The molecule has 2 N–H and O–H groups in total. The fraction of sp³-hybridized carbons (Fsp3) is 0.667. The second kappa shape index (κ2) is 5.10. The average Bonchev–Trinajstić information content (AvgIpc) is 2.77. The first-order valence-corrected chi connectivity index (χ1v) is 6.57. The van der Waals surface area contributed by atoms with Crippen molar-refractivity contribution in [2.75, 3.05) is 13.1 Å². The van der Waals surface area contributed by atoms with Gasteiger partial charge in [0, 0.05) is 22.3 Å². The zero-order valence-electron chi connectivity index (χ0n) is 9.55. The molecular formula is C12H20N2S. The minimum atomic E-state index is 0.683. The van der Waals surface area contributed by atoms with Crippen LogP contribution in [0.5, 0.6) is 0 Å².